The van der Waals surface area contributed by atoms with Crippen LogP contribution in [0.1, 0.15) is 78.6 Å². The third kappa shape index (κ3) is 6.75. The maximum Gasteiger partial charge on any atom is 0.171 e. The van der Waals surface area contributed by atoms with Gasteiger partial charge in [0.25, 0.3) is 0 Å². The number of unbranched alkanes of at least 4 members (excludes halogenated alkanes) is 4. The number of thioether (sulfide) groups is 2. The summed E-state index contributed by atoms with van der Waals surface area (Å²) in [6.45, 7) is 8.18. The average molecular weight is 441 g/mol. The molecule has 29 heavy (non-hydrogen) atoms. The molecule has 166 valence electrons. The minimum absolute atomic E-state index is 0.0916. The van der Waals surface area contributed by atoms with Gasteiger partial charge in [-0.2, -0.15) is 0 Å². The number of carbonyl (C=O) groups excluding carboxylic acids is 1. The molecule has 2 heterocycles. The minimum Gasteiger partial charge on any atom is -0.349 e. The molecule has 5 heteroatoms. The van der Waals surface area contributed by atoms with Gasteiger partial charge in [0, 0.05) is 35.7 Å². The van der Waals surface area contributed by atoms with E-state index in [1.54, 1.807) is 0 Å². The lowest BCUT2D eigenvalue weighted by Gasteiger charge is -2.45. The first-order chi connectivity index (χ1) is 13.9. The van der Waals surface area contributed by atoms with Crippen molar-refractivity contribution < 1.29 is 14.3 Å². The second kappa shape index (κ2) is 11.1. The van der Waals surface area contributed by atoms with Crippen LogP contribution in [0.15, 0.2) is 12.2 Å². The van der Waals surface area contributed by atoms with Gasteiger partial charge < -0.3 is 9.47 Å². The van der Waals surface area contributed by atoms with Gasteiger partial charge in [0.05, 0.1) is 17.8 Å². The standard InChI is InChI=1S/C24H40O3S2/c1-4-5-6-7-8-9-20(25)11-10-19-12-13-24(26-17-23(2,3)18-27-24)21(19)16-22-28-14-15-29-22/h10-11,19,21-22H,4-9,12-18H2,1-3H3/t19-,21+/m0/s1. The van der Waals surface area contributed by atoms with Gasteiger partial charge in [-0.3, -0.25) is 4.79 Å². The largest absolute Gasteiger partial charge is 0.349 e. The molecule has 3 rings (SSSR count). The van der Waals surface area contributed by atoms with Gasteiger partial charge in [0.1, 0.15) is 0 Å². The second-order valence-electron chi connectivity index (χ2n) is 9.76. The SMILES string of the molecule is CCCCCCCC(=O)C=C[C@H]1CCC2(OCC(C)(C)CO2)[C@@H]1CC1SCCS1. The van der Waals surface area contributed by atoms with Gasteiger partial charge in [-0.15, -0.1) is 23.5 Å². The van der Waals surface area contributed by atoms with Crippen LogP contribution in [0.4, 0.5) is 0 Å². The maximum atomic E-state index is 12.4. The zero-order chi connectivity index (χ0) is 20.7. The van der Waals surface area contributed by atoms with Crippen molar-refractivity contribution in [3.63, 3.8) is 0 Å². The fourth-order valence-corrected chi connectivity index (χ4v) is 7.65. The summed E-state index contributed by atoms with van der Waals surface area (Å²) in [5.41, 5.74) is 0.0916. The Morgan fingerprint density at radius 1 is 1.07 bits per heavy atom. The summed E-state index contributed by atoms with van der Waals surface area (Å²) in [6.07, 6.45) is 13.9. The molecular weight excluding hydrogens is 400 g/mol. The van der Waals surface area contributed by atoms with Crippen molar-refractivity contribution in [2.75, 3.05) is 24.7 Å². The van der Waals surface area contributed by atoms with Crippen LogP contribution in [0.3, 0.4) is 0 Å². The fourth-order valence-electron chi connectivity index (χ4n) is 4.71. The quantitative estimate of drug-likeness (QED) is 0.287. The molecule has 2 saturated heterocycles. The van der Waals surface area contributed by atoms with E-state index < -0.39 is 5.79 Å². The number of ether oxygens (including phenoxy) is 2. The summed E-state index contributed by atoms with van der Waals surface area (Å²) < 4.78 is 13.5. The highest BCUT2D eigenvalue weighted by Crippen LogP contribution is 2.52. The highest BCUT2D eigenvalue weighted by atomic mass is 32.2. The van der Waals surface area contributed by atoms with E-state index in [0.717, 1.165) is 38.9 Å². The molecule has 2 atom stereocenters. The molecule has 0 aromatic heterocycles. The van der Waals surface area contributed by atoms with Crippen molar-refractivity contribution in [2.45, 2.75) is 88.9 Å². The Morgan fingerprint density at radius 2 is 1.76 bits per heavy atom. The monoisotopic (exact) mass is 440 g/mol. The molecular formula is C24H40O3S2. The van der Waals surface area contributed by atoms with Crippen LogP contribution in [-0.2, 0) is 14.3 Å². The van der Waals surface area contributed by atoms with Gasteiger partial charge in [-0.25, -0.2) is 0 Å². The minimum atomic E-state index is -0.433. The van der Waals surface area contributed by atoms with Crippen molar-refractivity contribution >= 4 is 29.3 Å². The molecule has 0 bridgehead atoms. The van der Waals surface area contributed by atoms with Crippen molar-refractivity contribution in [3.05, 3.63) is 12.2 Å². The van der Waals surface area contributed by atoms with Gasteiger partial charge in [-0.05, 0) is 31.3 Å². The topological polar surface area (TPSA) is 35.5 Å². The van der Waals surface area contributed by atoms with E-state index in [1.807, 2.05) is 6.08 Å². The molecule has 3 nitrogen and oxygen atoms in total. The van der Waals surface area contributed by atoms with Crippen LogP contribution in [0.5, 0.6) is 0 Å². The van der Waals surface area contributed by atoms with Crippen LogP contribution in [-0.4, -0.2) is 40.9 Å². The van der Waals surface area contributed by atoms with E-state index in [1.165, 1.54) is 37.2 Å². The Labute approximate surface area is 186 Å². The molecule has 1 aliphatic carbocycles. The van der Waals surface area contributed by atoms with Crippen LogP contribution >= 0.6 is 23.5 Å². The van der Waals surface area contributed by atoms with Crippen molar-refractivity contribution in [1.29, 1.82) is 0 Å². The maximum absolute atomic E-state index is 12.4. The Hall–Kier alpha value is 0.0300. The number of hydrogen-bond acceptors (Lipinski definition) is 5. The molecule has 1 spiro atoms. The summed E-state index contributed by atoms with van der Waals surface area (Å²) in [5.74, 6) is 3.11. The molecule has 0 radical (unpaired) electrons. The molecule has 0 aromatic rings. The average Bonchev–Trinajstić information content (AvgIpc) is 3.32. The van der Waals surface area contributed by atoms with Gasteiger partial charge in [0.15, 0.2) is 11.6 Å². The molecule has 0 N–H and O–H groups in total. The molecule has 2 aliphatic heterocycles. The molecule has 1 saturated carbocycles. The predicted molar refractivity (Wildman–Crippen MR) is 125 cm³/mol. The predicted octanol–water partition coefficient (Wildman–Crippen LogP) is 6.46. The third-order valence-electron chi connectivity index (χ3n) is 6.52. The zero-order valence-corrected chi connectivity index (χ0v) is 20.3. The van der Waals surface area contributed by atoms with E-state index in [4.69, 9.17) is 9.47 Å². The highest BCUT2D eigenvalue weighted by molar-refractivity contribution is 8.20. The van der Waals surface area contributed by atoms with E-state index in [0.29, 0.717) is 22.8 Å². The first kappa shape index (κ1) is 23.7. The zero-order valence-electron chi connectivity index (χ0n) is 18.6. The first-order valence-corrected chi connectivity index (χ1v) is 13.8. The van der Waals surface area contributed by atoms with E-state index in [2.05, 4.69) is 50.4 Å². The summed E-state index contributed by atoms with van der Waals surface area (Å²) in [7, 11) is 0. The number of rotatable bonds is 10. The summed E-state index contributed by atoms with van der Waals surface area (Å²) in [4.78, 5) is 12.4. The molecule has 3 fully saturated rings. The lowest BCUT2D eigenvalue weighted by molar-refractivity contribution is -0.315. The van der Waals surface area contributed by atoms with Crippen molar-refractivity contribution in [3.8, 4) is 0 Å². The summed E-state index contributed by atoms with van der Waals surface area (Å²) >= 11 is 4.16. The Kier molecular flexibility index (Phi) is 9.03. The lowest BCUT2D eigenvalue weighted by atomic mass is 9.87. The lowest BCUT2D eigenvalue weighted by Crippen LogP contribution is -2.50. The summed E-state index contributed by atoms with van der Waals surface area (Å²) in [5, 5.41) is 0. The van der Waals surface area contributed by atoms with Crippen LogP contribution in [0.2, 0.25) is 0 Å². The third-order valence-corrected chi connectivity index (χ3v) is 9.60. The number of allylic oxidation sites excluding steroid dienone is 2. The Bertz CT molecular complexity index is 544. The van der Waals surface area contributed by atoms with Gasteiger partial charge in [-0.1, -0.05) is 52.5 Å². The van der Waals surface area contributed by atoms with Crippen LogP contribution < -0.4 is 0 Å². The van der Waals surface area contributed by atoms with Gasteiger partial charge in [0.2, 0.25) is 0 Å². The molecule has 3 aliphatic rings. The Morgan fingerprint density at radius 3 is 2.45 bits per heavy atom. The van der Waals surface area contributed by atoms with Crippen LogP contribution in [0, 0.1) is 17.3 Å². The number of hydrogen-bond donors (Lipinski definition) is 0. The highest BCUT2D eigenvalue weighted by Gasteiger charge is 2.53. The molecule has 0 unspecified atom stereocenters. The normalized spacial score (nSPS) is 29.2. The molecule has 0 amide bonds. The summed E-state index contributed by atoms with van der Waals surface area (Å²) in [6, 6.07) is 0. The van der Waals surface area contributed by atoms with E-state index >= 15 is 0 Å². The second-order valence-corrected chi connectivity index (χ2v) is 12.7. The molecule has 0 aromatic carbocycles. The van der Waals surface area contributed by atoms with Gasteiger partial charge >= 0.3 is 0 Å². The van der Waals surface area contributed by atoms with Crippen molar-refractivity contribution in [2.24, 2.45) is 17.3 Å². The van der Waals surface area contributed by atoms with E-state index in [9.17, 15) is 4.79 Å². The Balaban J connectivity index is 1.58. The fraction of sp³-hybridized carbons (Fsp3) is 0.875. The number of carbonyl (C=O) groups is 1. The first-order valence-electron chi connectivity index (χ1n) is 11.7. The van der Waals surface area contributed by atoms with Crippen LogP contribution in [0.25, 0.3) is 0 Å². The number of ketones is 1. The van der Waals surface area contributed by atoms with Crippen molar-refractivity contribution in [1.82, 2.24) is 0 Å². The smallest absolute Gasteiger partial charge is 0.171 e. The van der Waals surface area contributed by atoms with E-state index in [-0.39, 0.29) is 11.2 Å².